The summed E-state index contributed by atoms with van der Waals surface area (Å²) in [5.41, 5.74) is 6.92. The molecule has 0 saturated carbocycles. The molecule has 0 atom stereocenters. The second-order valence-corrected chi connectivity index (χ2v) is 7.58. The summed E-state index contributed by atoms with van der Waals surface area (Å²) in [5.74, 6) is 0. The molecule has 0 radical (unpaired) electrons. The first kappa shape index (κ1) is 15.7. The molecule has 8 bridgehead atoms. The molecule has 5 aromatic heterocycles. The first-order chi connectivity index (χ1) is 14.8. The molecule has 0 fully saturated rings. The van der Waals surface area contributed by atoms with Crippen molar-refractivity contribution in [3.05, 3.63) is 84.9 Å². The van der Waals surface area contributed by atoms with Gasteiger partial charge in [-0.3, -0.25) is 0 Å². The van der Waals surface area contributed by atoms with Gasteiger partial charge in [-0.2, -0.15) is 0 Å². The Morgan fingerprint density at radius 2 is 0.700 bits per heavy atom. The van der Waals surface area contributed by atoms with Gasteiger partial charge in [-0.15, -0.1) is 0 Å². The minimum absolute atomic E-state index is 0.826. The van der Waals surface area contributed by atoms with Gasteiger partial charge in [0, 0.05) is 16.2 Å². The van der Waals surface area contributed by atoms with Gasteiger partial charge in [0.1, 0.15) is 0 Å². The van der Waals surface area contributed by atoms with E-state index >= 15 is 0 Å². The van der Waals surface area contributed by atoms with Crippen LogP contribution in [0.15, 0.2) is 84.9 Å². The number of pyridine rings is 4. The molecule has 2 aromatic carbocycles. The lowest BCUT2D eigenvalue weighted by Crippen LogP contribution is -1.88. The minimum Gasteiger partial charge on any atom is -0.245 e. The predicted molar refractivity (Wildman–Crippen MR) is 123 cm³/mol. The lowest BCUT2D eigenvalue weighted by Gasteiger charge is -2.07. The van der Waals surface area contributed by atoms with Gasteiger partial charge >= 0.3 is 0 Å². The Hall–Kier alpha value is -4.18. The zero-order valence-electron chi connectivity index (χ0n) is 15.9. The van der Waals surface area contributed by atoms with Gasteiger partial charge in [-0.25, -0.2) is 19.9 Å². The summed E-state index contributed by atoms with van der Waals surface area (Å²) >= 11 is 0. The number of nitrogens with zero attached hydrogens (tertiary/aromatic N) is 4. The Kier molecular flexibility index (Phi) is 2.97. The van der Waals surface area contributed by atoms with Crippen LogP contribution in [0, 0.1) is 0 Å². The molecule has 4 nitrogen and oxygen atoms in total. The fraction of sp³-hybridized carbons (Fsp3) is 0. The van der Waals surface area contributed by atoms with E-state index < -0.39 is 0 Å². The van der Waals surface area contributed by atoms with Gasteiger partial charge < -0.3 is 0 Å². The SMILES string of the molecule is c1cc2nc(c1)c1ccc3ccc4ccc5ccc(nc5c4c3n1)c1cccc2n1. The highest BCUT2D eigenvalue weighted by molar-refractivity contribution is 6.18. The van der Waals surface area contributed by atoms with E-state index in [9.17, 15) is 0 Å². The molecule has 138 valence electrons. The van der Waals surface area contributed by atoms with E-state index in [0.29, 0.717) is 0 Å². The molecule has 0 N–H and O–H groups in total. The van der Waals surface area contributed by atoms with E-state index in [4.69, 9.17) is 19.9 Å². The van der Waals surface area contributed by atoms with Crippen LogP contribution < -0.4 is 0 Å². The number of aromatic nitrogens is 4. The fourth-order valence-corrected chi connectivity index (χ4v) is 4.30. The van der Waals surface area contributed by atoms with Crippen LogP contribution in [0.4, 0.5) is 0 Å². The summed E-state index contributed by atoms with van der Waals surface area (Å²) in [4.78, 5) is 19.9. The van der Waals surface area contributed by atoms with E-state index in [-0.39, 0.29) is 0 Å². The molecule has 0 aliphatic carbocycles. The van der Waals surface area contributed by atoms with Crippen LogP contribution in [0.3, 0.4) is 0 Å². The predicted octanol–water partition coefficient (Wildman–Crippen LogP) is 6.19. The van der Waals surface area contributed by atoms with Crippen molar-refractivity contribution in [1.82, 2.24) is 19.9 Å². The number of rotatable bonds is 0. The Balaban J connectivity index is 1.89. The molecule has 7 aromatic rings. The van der Waals surface area contributed by atoms with Crippen molar-refractivity contribution < 1.29 is 0 Å². The van der Waals surface area contributed by atoms with Crippen molar-refractivity contribution in [2.45, 2.75) is 0 Å². The quantitative estimate of drug-likeness (QED) is 0.294. The second-order valence-electron chi connectivity index (χ2n) is 7.58. The van der Waals surface area contributed by atoms with Crippen molar-refractivity contribution >= 4 is 65.7 Å². The first-order valence-electron chi connectivity index (χ1n) is 9.92. The summed E-state index contributed by atoms with van der Waals surface area (Å²) < 4.78 is 0. The van der Waals surface area contributed by atoms with Crippen molar-refractivity contribution in [3.8, 4) is 0 Å². The summed E-state index contributed by atoms with van der Waals surface area (Å²) in [5, 5.41) is 4.38. The molecule has 0 unspecified atom stereocenters. The average molecular weight is 382 g/mol. The molecule has 7 rings (SSSR count). The summed E-state index contributed by atoms with van der Waals surface area (Å²) in [6.07, 6.45) is 0. The van der Waals surface area contributed by atoms with Gasteiger partial charge in [0.2, 0.25) is 0 Å². The third-order valence-corrected chi connectivity index (χ3v) is 5.79. The highest BCUT2D eigenvalue weighted by Gasteiger charge is 2.10. The average Bonchev–Trinajstić information content (AvgIpc) is 2.82. The van der Waals surface area contributed by atoms with Crippen LogP contribution >= 0.6 is 0 Å². The van der Waals surface area contributed by atoms with Gasteiger partial charge in [0.15, 0.2) is 0 Å². The monoisotopic (exact) mass is 382 g/mol. The number of hydrogen-bond acceptors (Lipinski definition) is 4. The minimum atomic E-state index is 0.826. The molecular weight excluding hydrogens is 368 g/mol. The zero-order chi connectivity index (χ0) is 19.7. The van der Waals surface area contributed by atoms with Crippen molar-refractivity contribution in [1.29, 1.82) is 0 Å². The zero-order valence-corrected chi connectivity index (χ0v) is 15.9. The molecule has 0 amide bonds. The Labute approximate surface area is 170 Å². The van der Waals surface area contributed by atoms with Gasteiger partial charge in [-0.1, -0.05) is 48.5 Å². The normalized spacial score (nSPS) is 12.0. The molecule has 0 aliphatic heterocycles. The van der Waals surface area contributed by atoms with E-state index in [0.717, 1.165) is 65.7 Å². The molecule has 0 saturated heterocycles. The van der Waals surface area contributed by atoms with E-state index in [1.807, 2.05) is 48.5 Å². The summed E-state index contributed by atoms with van der Waals surface area (Å²) in [7, 11) is 0. The third kappa shape index (κ3) is 2.16. The molecule has 30 heavy (non-hydrogen) atoms. The fourth-order valence-electron chi connectivity index (χ4n) is 4.30. The maximum Gasteiger partial charge on any atom is 0.0894 e. The molecule has 0 aliphatic rings. The first-order valence-corrected chi connectivity index (χ1v) is 9.92. The smallest absolute Gasteiger partial charge is 0.0894 e. The van der Waals surface area contributed by atoms with Crippen LogP contribution in [0.25, 0.3) is 65.7 Å². The molecular formula is C26H14N4. The maximum absolute atomic E-state index is 5.06. The lowest BCUT2D eigenvalue weighted by molar-refractivity contribution is 1.42. The van der Waals surface area contributed by atoms with Crippen molar-refractivity contribution in [2.24, 2.45) is 0 Å². The lowest BCUT2D eigenvalue weighted by atomic mass is 10.0. The van der Waals surface area contributed by atoms with E-state index in [1.165, 1.54) is 0 Å². The number of hydrogen-bond donors (Lipinski definition) is 0. The van der Waals surface area contributed by atoms with Gasteiger partial charge in [0.05, 0.1) is 44.1 Å². The van der Waals surface area contributed by atoms with E-state index in [1.54, 1.807) is 0 Å². The number of benzene rings is 2. The Morgan fingerprint density at radius 3 is 1.17 bits per heavy atom. The Morgan fingerprint density at radius 1 is 0.333 bits per heavy atom. The van der Waals surface area contributed by atoms with Crippen LogP contribution in [0.2, 0.25) is 0 Å². The molecule has 5 heterocycles. The van der Waals surface area contributed by atoms with E-state index in [2.05, 4.69) is 36.4 Å². The Bertz CT molecular complexity index is 1670. The largest absolute Gasteiger partial charge is 0.245 e. The van der Waals surface area contributed by atoms with Gasteiger partial charge in [0.25, 0.3) is 0 Å². The standard InChI is InChI=1S/C26H14N4/c1-3-18-19-4-2-6-21(28-19)23-14-12-17-10-8-15-7-9-16-11-13-22(20(5-1)27-18)29-25(16)24(15)26(17)30-23/h1-14H. The highest BCUT2D eigenvalue weighted by atomic mass is 14.8. The maximum atomic E-state index is 5.06. The number of fused-ring (bicyclic) bond motifs is 9. The van der Waals surface area contributed by atoms with Crippen LogP contribution in [-0.4, -0.2) is 19.9 Å². The van der Waals surface area contributed by atoms with Crippen molar-refractivity contribution in [2.75, 3.05) is 0 Å². The topological polar surface area (TPSA) is 51.6 Å². The van der Waals surface area contributed by atoms with Gasteiger partial charge in [-0.05, 0) is 41.8 Å². The van der Waals surface area contributed by atoms with Crippen molar-refractivity contribution in [3.63, 3.8) is 0 Å². The van der Waals surface area contributed by atoms with Crippen LogP contribution in [0.1, 0.15) is 0 Å². The summed E-state index contributed by atoms with van der Waals surface area (Å²) in [6, 6.07) is 28.8. The third-order valence-electron chi connectivity index (χ3n) is 5.79. The molecule has 4 heteroatoms. The second kappa shape index (κ2) is 5.67. The summed E-state index contributed by atoms with van der Waals surface area (Å²) in [6.45, 7) is 0. The highest BCUT2D eigenvalue weighted by Crippen LogP contribution is 2.31. The van der Waals surface area contributed by atoms with Crippen LogP contribution in [0.5, 0.6) is 0 Å². The molecule has 0 spiro atoms. The van der Waals surface area contributed by atoms with Crippen LogP contribution in [-0.2, 0) is 0 Å².